The van der Waals surface area contributed by atoms with Crippen molar-refractivity contribution >= 4 is 15.9 Å². The van der Waals surface area contributed by atoms with Gasteiger partial charge in [0, 0.05) is 16.5 Å². The largest absolute Gasteiger partial charge is 0.488 e. The van der Waals surface area contributed by atoms with Crippen molar-refractivity contribution in [2.24, 2.45) is 0 Å². The van der Waals surface area contributed by atoms with Crippen LogP contribution in [0.15, 0.2) is 46.9 Å². The van der Waals surface area contributed by atoms with Crippen LogP contribution in [0.4, 0.5) is 4.39 Å². The van der Waals surface area contributed by atoms with E-state index < -0.39 is 0 Å². The number of likely N-dealkylation sites (N-methyl/N-ethyl adjacent to an activating group) is 1. The van der Waals surface area contributed by atoms with Crippen molar-refractivity contribution < 1.29 is 9.13 Å². The molecule has 1 aliphatic heterocycles. The first-order valence-corrected chi connectivity index (χ1v) is 7.91. The molecule has 0 saturated heterocycles. The first kappa shape index (κ1) is 14.5. The third-order valence-electron chi connectivity index (χ3n) is 3.76. The molecule has 2 unspecified atom stereocenters. The summed E-state index contributed by atoms with van der Waals surface area (Å²) in [6.07, 6.45) is 0.700. The molecule has 2 aromatic carbocycles. The van der Waals surface area contributed by atoms with Crippen LogP contribution in [0.25, 0.3) is 0 Å². The molecule has 0 radical (unpaired) electrons. The molecule has 1 aliphatic rings. The van der Waals surface area contributed by atoms with Gasteiger partial charge in [0.15, 0.2) is 0 Å². The average molecular weight is 350 g/mol. The smallest absolute Gasteiger partial charge is 0.128 e. The second-order valence-corrected chi connectivity index (χ2v) is 6.09. The lowest BCUT2D eigenvalue weighted by Gasteiger charge is -2.25. The molecular formula is C17H17BrFNO. The summed E-state index contributed by atoms with van der Waals surface area (Å²) in [5.41, 5.74) is 1.82. The predicted octanol–water partition coefficient (Wildman–Crippen LogP) is 4.24. The lowest BCUT2D eigenvalue weighted by atomic mass is 9.97. The molecule has 4 heteroatoms. The van der Waals surface area contributed by atoms with Crippen LogP contribution in [0.3, 0.4) is 0 Å². The van der Waals surface area contributed by atoms with E-state index in [1.165, 1.54) is 11.6 Å². The predicted molar refractivity (Wildman–Crippen MR) is 85.1 cm³/mol. The summed E-state index contributed by atoms with van der Waals surface area (Å²) in [4.78, 5) is 0. The lowest BCUT2D eigenvalue weighted by molar-refractivity contribution is 0.177. The van der Waals surface area contributed by atoms with Gasteiger partial charge >= 0.3 is 0 Å². The van der Waals surface area contributed by atoms with Gasteiger partial charge in [0.2, 0.25) is 0 Å². The van der Waals surface area contributed by atoms with Gasteiger partial charge < -0.3 is 10.1 Å². The number of benzene rings is 2. The Labute approximate surface area is 132 Å². The molecule has 1 heterocycles. The third-order valence-corrected chi connectivity index (χ3v) is 4.25. The van der Waals surface area contributed by atoms with Crippen LogP contribution in [0.2, 0.25) is 0 Å². The zero-order chi connectivity index (χ0) is 14.8. The summed E-state index contributed by atoms with van der Waals surface area (Å²) in [6.45, 7) is 2.78. The van der Waals surface area contributed by atoms with Crippen LogP contribution >= 0.6 is 15.9 Å². The Morgan fingerprint density at radius 3 is 2.90 bits per heavy atom. The molecule has 0 aromatic heterocycles. The highest BCUT2D eigenvalue weighted by atomic mass is 79.9. The normalized spacial score (nSPS) is 18.1. The second-order valence-electron chi connectivity index (χ2n) is 5.17. The van der Waals surface area contributed by atoms with Crippen LogP contribution in [0.1, 0.15) is 24.1 Å². The minimum absolute atomic E-state index is 0.0915. The van der Waals surface area contributed by atoms with E-state index in [-0.39, 0.29) is 18.0 Å². The Hall–Kier alpha value is -1.39. The number of hydrogen-bond acceptors (Lipinski definition) is 2. The van der Waals surface area contributed by atoms with E-state index >= 15 is 0 Å². The summed E-state index contributed by atoms with van der Waals surface area (Å²) < 4.78 is 21.1. The fourth-order valence-electron chi connectivity index (χ4n) is 2.81. The summed E-state index contributed by atoms with van der Waals surface area (Å²) in [5.74, 6) is 0.699. The molecule has 0 fully saturated rings. The quantitative estimate of drug-likeness (QED) is 0.891. The van der Waals surface area contributed by atoms with Gasteiger partial charge in [0.25, 0.3) is 0 Å². The number of nitrogens with one attached hydrogen (secondary N) is 1. The maximum absolute atomic E-state index is 14.2. The topological polar surface area (TPSA) is 21.3 Å². The monoisotopic (exact) mass is 349 g/mol. The highest BCUT2D eigenvalue weighted by Crippen LogP contribution is 2.35. The molecule has 0 aliphatic carbocycles. The molecule has 0 saturated carbocycles. The molecule has 0 amide bonds. The van der Waals surface area contributed by atoms with E-state index in [0.717, 1.165) is 23.2 Å². The zero-order valence-corrected chi connectivity index (χ0v) is 13.4. The fraction of sp³-hybridized carbons (Fsp3) is 0.294. The van der Waals surface area contributed by atoms with Crippen molar-refractivity contribution in [2.75, 3.05) is 6.54 Å². The van der Waals surface area contributed by atoms with E-state index in [4.69, 9.17) is 4.74 Å². The molecule has 2 atom stereocenters. The number of halogens is 2. The standard InChI is InChI=1S/C17H17BrFNO/c1-2-20-17(13-10-12(18)7-8-14(13)19)16-9-11-5-3-4-6-15(11)21-16/h3-8,10,16-17,20H,2,9H2,1H3. The van der Waals surface area contributed by atoms with E-state index in [2.05, 4.69) is 27.3 Å². The summed E-state index contributed by atoms with van der Waals surface area (Å²) in [6, 6.07) is 12.9. The van der Waals surface area contributed by atoms with Gasteiger partial charge in [-0.3, -0.25) is 0 Å². The molecule has 3 rings (SSSR count). The van der Waals surface area contributed by atoms with Crippen LogP contribution < -0.4 is 10.1 Å². The van der Waals surface area contributed by atoms with Crippen molar-refractivity contribution in [3.8, 4) is 5.75 Å². The Morgan fingerprint density at radius 2 is 2.14 bits per heavy atom. The van der Waals surface area contributed by atoms with Crippen LogP contribution in [-0.2, 0) is 6.42 Å². The van der Waals surface area contributed by atoms with Gasteiger partial charge in [-0.2, -0.15) is 0 Å². The number of para-hydroxylation sites is 1. The van der Waals surface area contributed by atoms with Gasteiger partial charge in [-0.25, -0.2) is 4.39 Å². The fourth-order valence-corrected chi connectivity index (χ4v) is 3.19. The summed E-state index contributed by atoms with van der Waals surface area (Å²) in [5, 5.41) is 3.36. The lowest BCUT2D eigenvalue weighted by Crippen LogP contribution is -2.35. The minimum Gasteiger partial charge on any atom is -0.488 e. The highest BCUT2D eigenvalue weighted by Gasteiger charge is 2.32. The van der Waals surface area contributed by atoms with Gasteiger partial charge in [0.1, 0.15) is 17.7 Å². The van der Waals surface area contributed by atoms with E-state index in [1.54, 1.807) is 6.07 Å². The Balaban J connectivity index is 1.91. The molecule has 2 aromatic rings. The number of rotatable bonds is 4. The number of ether oxygens (including phenoxy) is 1. The molecular weight excluding hydrogens is 333 g/mol. The molecule has 1 N–H and O–H groups in total. The third kappa shape index (κ3) is 2.97. The first-order chi connectivity index (χ1) is 10.2. The maximum Gasteiger partial charge on any atom is 0.128 e. The van der Waals surface area contributed by atoms with Gasteiger partial charge in [0.05, 0.1) is 6.04 Å². The molecule has 0 bridgehead atoms. The van der Waals surface area contributed by atoms with Gasteiger partial charge in [-0.15, -0.1) is 0 Å². The van der Waals surface area contributed by atoms with Gasteiger partial charge in [-0.05, 0) is 36.4 Å². The zero-order valence-electron chi connectivity index (χ0n) is 11.8. The van der Waals surface area contributed by atoms with Gasteiger partial charge in [-0.1, -0.05) is 41.1 Å². The van der Waals surface area contributed by atoms with Crippen molar-refractivity contribution in [3.63, 3.8) is 0 Å². The SMILES string of the molecule is CCNC(c1cc(Br)ccc1F)C1Cc2ccccc2O1. The summed E-state index contributed by atoms with van der Waals surface area (Å²) in [7, 11) is 0. The maximum atomic E-state index is 14.2. The van der Waals surface area contributed by atoms with Crippen LogP contribution in [0.5, 0.6) is 5.75 Å². The Morgan fingerprint density at radius 1 is 1.33 bits per heavy atom. The van der Waals surface area contributed by atoms with E-state index in [0.29, 0.717) is 5.56 Å². The molecule has 110 valence electrons. The van der Waals surface area contributed by atoms with Crippen molar-refractivity contribution in [3.05, 3.63) is 63.9 Å². The van der Waals surface area contributed by atoms with Crippen LogP contribution in [-0.4, -0.2) is 12.6 Å². The number of hydrogen-bond donors (Lipinski definition) is 1. The average Bonchev–Trinajstić information content (AvgIpc) is 2.91. The summed E-state index contributed by atoms with van der Waals surface area (Å²) >= 11 is 3.42. The van der Waals surface area contributed by atoms with E-state index in [1.807, 2.05) is 31.2 Å². The molecule has 21 heavy (non-hydrogen) atoms. The minimum atomic E-state index is -0.205. The second kappa shape index (κ2) is 6.16. The van der Waals surface area contributed by atoms with Crippen LogP contribution in [0, 0.1) is 5.82 Å². The highest BCUT2D eigenvalue weighted by molar-refractivity contribution is 9.10. The van der Waals surface area contributed by atoms with Crippen molar-refractivity contribution in [2.45, 2.75) is 25.5 Å². The number of fused-ring (bicyclic) bond motifs is 1. The Bertz CT molecular complexity index is 621. The van der Waals surface area contributed by atoms with Crippen molar-refractivity contribution in [1.82, 2.24) is 5.32 Å². The first-order valence-electron chi connectivity index (χ1n) is 7.12. The van der Waals surface area contributed by atoms with E-state index in [9.17, 15) is 4.39 Å². The Kier molecular flexibility index (Phi) is 4.27. The molecule has 2 nitrogen and oxygen atoms in total. The molecule has 0 spiro atoms. The van der Waals surface area contributed by atoms with Crippen molar-refractivity contribution in [1.29, 1.82) is 0 Å².